The van der Waals surface area contributed by atoms with E-state index >= 15 is 0 Å². The lowest BCUT2D eigenvalue weighted by atomic mass is 10.2. The summed E-state index contributed by atoms with van der Waals surface area (Å²) in [7, 11) is 0. The first-order valence-electron chi connectivity index (χ1n) is 9.17. The van der Waals surface area contributed by atoms with Crippen molar-refractivity contribution < 1.29 is 13.9 Å². The van der Waals surface area contributed by atoms with E-state index in [0.29, 0.717) is 19.0 Å². The van der Waals surface area contributed by atoms with Gasteiger partial charge in [-0.15, -0.1) is 0 Å². The third kappa shape index (κ3) is 6.61. The molecule has 3 nitrogen and oxygen atoms in total. The average Bonchev–Trinajstić information content (AvgIpc) is 2.64. The van der Waals surface area contributed by atoms with E-state index in [2.05, 4.69) is 28.2 Å². The molecular formula is C21H27BrFNO2. The topological polar surface area (TPSA) is 30.5 Å². The standard InChI is InChI=1S/C21H27BrFNO2/c1-3-5-6-11-24-14-17-12-20(25-4-2)21(13-19(17)22)26-15-16-7-9-18(23)10-8-16/h7-10,12-13,24H,3-6,11,14-15H2,1-2H3. The van der Waals surface area contributed by atoms with Crippen LogP contribution in [0.5, 0.6) is 11.5 Å². The molecule has 0 saturated heterocycles. The molecule has 0 bridgehead atoms. The van der Waals surface area contributed by atoms with Crippen LogP contribution >= 0.6 is 15.9 Å². The monoisotopic (exact) mass is 423 g/mol. The molecule has 0 spiro atoms. The van der Waals surface area contributed by atoms with Crippen LogP contribution in [0, 0.1) is 5.82 Å². The van der Waals surface area contributed by atoms with Crippen LogP contribution in [0.1, 0.15) is 44.2 Å². The van der Waals surface area contributed by atoms with E-state index < -0.39 is 0 Å². The summed E-state index contributed by atoms with van der Waals surface area (Å²) in [6, 6.07) is 10.3. The summed E-state index contributed by atoms with van der Waals surface area (Å²) in [5.74, 6) is 1.16. The van der Waals surface area contributed by atoms with Crippen LogP contribution < -0.4 is 14.8 Å². The van der Waals surface area contributed by atoms with Gasteiger partial charge < -0.3 is 14.8 Å². The summed E-state index contributed by atoms with van der Waals surface area (Å²) in [6.07, 6.45) is 3.65. The van der Waals surface area contributed by atoms with Crippen molar-refractivity contribution in [1.82, 2.24) is 5.32 Å². The summed E-state index contributed by atoms with van der Waals surface area (Å²) in [5, 5.41) is 3.47. The van der Waals surface area contributed by atoms with Gasteiger partial charge in [0.25, 0.3) is 0 Å². The van der Waals surface area contributed by atoms with Crippen LogP contribution in [0.4, 0.5) is 4.39 Å². The van der Waals surface area contributed by atoms with Crippen molar-refractivity contribution in [3.63, 3.8) is 0 Å². The van der Waals surface area contributed by atoms with Gasteiger partial charge >= 0.3 is 0 Å². The lowest BCUT2D eigenvalue weighted by Crippen LogP contribution is -2.15. The Hall–Kier alpha value is -1.59. The Morgan fingerprint density at radius 3 is 2.42 bits per heavy atom. The molecule has 0 heterocycles. The predicted molar refractivity (Wildman–Crippen MR) is 107 cm³/mol. The molecule has 0 atom stereocenters. The Morgan fingerprint density at radius 1 is 1.00 bits per heavy atom. The normalized spacial score (nSPS) is 10.8. The number of hydrogen-bond donors (Lipinski definition) is 1. The summed E-state index contributed by atoms with van der Waals surface area (Å²) in [5.41, 5.74) is 2.05. The number of hydrogen-bond acceptors (Lipinski definition) is 3. The fourth-order valence-electron chi connectivity index (χ4n) is 2.56. The quantitative estimate of drug-likeness (QED) is 0.460. The fourth-order valence-corrected chi connectivity index (χ4v) is 3.02. The smallest absolute Gasteiger partial charge is 0.162 e. The number of halogens is 2. The van der Waals surface area contributed by atoms with E-state index in [9.17, 15) is 4.39 Å². The molecular weight excluding hydrogens is 397 g/mol. The van der Waals surface area contributed by atoms with E-state index in [4.69, 9.17) is 9.47 Å². The molecule has 0 saturated carbocycles. The van der Waals surface area contributed by atoms with Crippen LogP contribution in [0.3, 0.4) is 0 Å². The number of nitrogens with one attached hydrogen (secondary N) is 1. The van der Waals surface area contributed by atoms with Crippen molar-refractivity contribution in [3.05, 3.63) is 57.8 Å². The Morgan fingerprint density at radius 2 is 1.73 bits per heavy atom. The van der Waals surface area contributed by atoms with Gasteiger partial charge in [0.15, 0.2) is 11.5 Å². The highest BCUT2D eigenvalue weighted by Crippen LogP contribution is 2.34. The number of benzene rings is 2. The van der Waals surface area contributed by atoms with Gasteiger partial charge in [0.05, 0.1) is 6.61 Å². The van der Waals surface area contributed by atoms with Gasteiger partial charge in [0.1, 0.15) is 12.4 Å². The summed E-state index contributed by atoms with van der Waals surface area (Å²) < 4.78 is 25.7. The van der Waals surface area contributed by atoms with E-state index in [0.717, 1.165) is 34.4 Å². The van der Waals surface area contributed by atoms with Crippen molar-refractivity contribution in [2.24, 2.45) is 0 Å². The van der Waals surface area contributed by atoms with Crippen LogP contribution in [0.25, 0.3) is 0 Å². The second kappa shape index (κ2) is 11.2. The number of unbranched alkanes of at least 4 members (excludes halogenated alkanes) is 2. The molecule has 26 heavy (non-hydrogen) atoms. The first kappa shape index (κ1) is 20.7. The van der Waals surface area contributed by atoms with Gasteiger partial charge in [-0.1, -0.05) is 47.8 Å². The maximum Gasteiger partial charge on any atom is 0.162 e. The highest BCUT2D eigenvalue weighted by atomic mass is 79.9. The van der Waals surface area contributed by atoms with Gasteiger partial charge in [0, 0.05) is 11.0 Å². The van der Waals surface area contributed by atoms with Crippen molar-refractivity contribution in [3.8, 4) is 11.5 Å². The van der Waals surface area contributed by atoms with E-state index in [1.54, 1.807) is 12.1 Å². The zero-order valence-electron chi connectivity index (χ0n) is 15.5. The second-order valence-electron chi connectivity index (χ2n) is 6.12. The summed E-state index contributed by atoms with van der Waals surface area (Å²) >= 11 is 3.63. The Balaban J connectivity index is 2.03. The average molecular weight is 424 g/mol. The highest BCUT2D eigenvalue weighted by molar-refractivity contribution is 9.10. The summed E-state index contributed by atoms with van der Waals surface area (Å²) in [4.78, 5) is 0. The molecule has 0 aliphatic carbocycles. The van der Waals surface area contributed by atoms with Gasteiger partial charge in [-0.05, 0) is 55.3 Å². The van der Waals surface area contributed by atoms with E-state index in [1.165, 1.54) is 31.4 Å². The largest absolute Gasteiger partial charge is 0.490 e. The summed E-state index contributed by atoms with van der Waals surface area (Å²) in [6.45, 7) is 6.87. The van der Waals surface area contributed by atoms with Gasteiger partial charge in [0.2, 0.25) is 0 Å². The Labute approximate surface area is 164 Å². The lowest BCUT2D eigenvalue weighted by molar-refractivity contribution is 0.268. The molecule has 0 radical (unpaired) electrons. The van der Waals surface area contributed by atoms with Crippen molar-refractivity contribution in [2.75, 3.05) is 13.2 Å². The highest BCUT2D eigenvalue weighted by Gasteiger charge is 2.11. The lowest BCUT2D eigenvalue weighted by Gasteiger charge is -2.15. The maximum atomic E-state index is 13.0. The predicted octanol–water partition coefficient (Wildman–Crippen LogP) is 5.85. The molecule has 0 fully saturated rings. The van der Waals surface area contributed by atoms with Crippen molar-refractivity contribution in [1.29, 1.82) is 0 Å². The molecule has 0 unspecified atom stereocenters. The zero-order valence-corrected chi connectivity index (χ0v) is 17.1. The second-order valence-corrected chi connectivity index (χ2v) is 6.98. The molecule has 142 valence electrons. The van der Waals surface area contributed by atoms with Crippen molar-refractivity contribution in [2.45, 2.75) is 46.3 Å². The van der Waals surface area contributed by atoms with Gasteiger partial charge in [-0.3, -0.25) is 0 Å². The minimum Gasteiger partial charge on any atom is -0.490 e. The number of rotatable bonds is 11. The molecule has 1 N–H and O–H groups in total. The Bertz CT molecular complexity index is 676. The van der Waals surface area contributed by atoms with Gasteiger partial charge in [-0.25, -0.2) is 4.39 Å². The Kier molecular flexibility index (Phi) is 8.92. The van der Waals surface area contributed by atoms with Gasteiger partial charge in [-0.2, -0.15) is 0 Å². The molecule has 2 aromatic rings. The fraction of sp³-hybridized carbons (Fsp3) is 0.429. The molecule has 5 heteroatoms. The third-order valence-corrected chi connectivity index (χ3v) is 4.73. The van der Waals surface area contributed by atoms with Crippen molar-refractivity contribution >= 4 is 15.9 Å². The zero-order chi connectivity index (χ0) is 18.8. The van der Waals surface area contributed by atoms with Crippen LogP contribution in [-0.2, 0) is 13.2 Å². The van der Waals surface area contributed by atoms with Crippen LogP contribution in [0.2, 0.25) is 0 Å². The van der Waals surface area contributed by atoms with E-state index in [-0.39, 0.29) is 5.82 Å². The molecule has 0 aromatic heterocycles. The van der Waals surface area contributed by atoms with Crippen LogP contribution in [0.15, 0.2) is 40.9 Å². The first-order valence-corrected chi connectivity index (χ1v) is 9.96. The maximum absolute atomic E-state index is 13.0. The van der Waals surface area contributed by atoms with Crippen LogP contribution in [-0.4, -0.2) is 13.2 Å². The minimum absolute atomic E-state index is 0.248. The molecule has 2 aromatic carbocycles. The SMILES string of the molecule is CCCCCNCc1cc(OCC)c(OCc2ccc(F)cc2)cc1Br. The molecule has 2 rings (SSSR count). The third-order valence-electron chi connectivity index (χ3n) is 3.99. The molecule has 0 aliphatic heterocycles. The number of ether oxygens (including phenoxy) is 2. The first-order chi connectivity index (χ1) is 12.6. The molecule has 0 amide bonds. The van der Waals surface area contributed by atoms with E-state index in [1.807, 2.05) is 19.1 Å². The molecule has 0 aliphatic rings. The minimum atomic E-state index is -0.248.